The Morgan fingerprint density at radius 2 is 1.85 bits per heavy atom. The number of halogens is 2. The van der Waals surface area contributed by atoms with Gasteiger partial charge in [-0.25, -0.2) is 0 Å². The van der Waals surface area contributed by atoms with Crippen LogP contribution >= 0.6 is 28.3 Å². The third kappa shape index (κ3) is 3.54. The minimum Gasteiger partial charge on any atom is -0.384 e. The Kier molecular flexibility index (Phi) is 5.46. The van der Waals surface area contributed by atoms with E-state index < -0.39 is 0 Å². The molecular weight excluding hydrogens is 336 g/mol. The number of fused-ring (bicyclic) bond motifs is 1. The normalized spacial score (nSPS) is 12.4. The van der Waals surface area contributed by atoms with Crippen molar-refractivity contribution in [1.82, 2.24) is 5.32 Å². The lowest BCUT2D eigenvalue weighted by Crippen LogP contribution is -2.13. The first-order valence-electron chi connectivity index (χ1n) is 6.63. The molecule has 0 atom stereocenters. The maximum Gasteiger partial charge on any atom is 0.0419 e. The van der Waals surface area contributed by atoms with E-state index in [-0.39, 0.29) is 12.4 Å². The molecule has 0 unspecified atom stereocenters. The minimum atomic E-state index is 0. The Labute approximate surface area is 134 Å². The van der Waals surface area contributed by atoms with Crippen LogP contribution in [0.25, 0.3) is 0 Å². The van der Waals surface area contributed by atoms with Gasteiger partial charge in [-0.2, -0.15) is 0 Å². The molecule has 2 N–H and O–H groups in total. The van der Waals surface area contributed by atoms with Gasteiger partial charge in [-0.05, 0) is 35.2 Å². The van der Waals surface area contributed by atoms with Crippen LogP contribution in [0.3, 0.4) is 0 Å². The number of hydrogen-bond donors (Lipinski definition) is 2. The van der Waals surface area contributed by atoms with Crippen LogP contribution in [-0.4, -0.2) is 6.54 Å². The summed E-state index contributed by atoms with van der Waals surface area (Å²) in [5, 5.41) is 6.99. The maximum atomic E-state index is 3.51. The van der Waals surface area contributed by atoms with Gasteiger partial charge in [-0.15, -0.1) is 12.4 Å². The lowest BCUT2D eigenvalue weighted by atomic mass is 10.1. The van der Waals surface area contributed by atoms with Crippen molar-refractivity contribution in [3.05, 3.63) is 63.6 Å². The summed E-state index contributed by atoms with van der Waals surface area (Å²) in [5.41, 5.74) is 5.46. The van der Waals surface area contributed by atoms with E-state index in [1.807, 2.05) is 0 Å². The molecule has 0 fully saturated rings. The van der Waals surface area contributed by atoms with Gasteiger partial charge < -0.3 is 10.6 Å². The van der Waals surface area contributed by atoms with Gasteiger partial charge in [0.1, 0.15) is 0 Å². The number of benzene rings is 2. The lowest BCUT2D eigenvalue weighted by molar-refractivity contribution is 0.694. The van der Waals surface area contributed by atoms with E-state index in [0.29, 0.717) is 0 Å². The second kappa shape index (κ2) is 7.11. The number of nitrogens with one attached hydrogen (secondary N) is 2. The van der Waals surface area contributed by atoms with E-state index in [1.165, 1.54) is 22.4 Å². The molecule has 1 heterocycles. The van der Waals surface area contributed by atoms with Crippen LogP contribution < -0.4 is 10.6 Å². The molecule has 106 valence electrons. The molecule has 2 nitrogen and oxygen atoms in total. The fraction of sp³-hybridized carbons (Fsp3) is 0.250. The number of rotatable bonds is 4. The topological polar surface area (TPSA) is 24.1 Å². The molecular formula is C16H18BrClN2. The summed E-state index contributed by atoms with van der Waals surface area (Å²) in [6.45, 7) is 2.88. The van der Waals surface area contributed by atoms with E-state index in [1.54, 1.807) is 0 Å². The SMILES string of the molecule is Brc1ccc(CNCc2cccc3c2NCC3)cc1.Cl. The van der Waals surface area contributed by atoms with E-state index in [9.17, 15) is 0 Å². The summed E-state index contributed by atoms with van der Waals surface area (Å²) < 4.78 is 1.13. The Bertz CT molecular complexity index is 569. The molecule has 1 aliphatic heterocycles. The van der Waals surface area contributed by atoms with Crippen LogP contribution in [0.15, 0.2) is 46.9 Å². The molecule has 0 aromatic heterocycles. The average molecular weight is 354 g/mol. The van der Waals surface area contributed by atoms with E-state index in [0.717, 1.165) is 30.5 Å². The van der Waals surface area contributed by atoms with Crippen LogP contribution in [0, 0.1) is 0 Å². The highest BCUT2D eigenvalue weighted by atomic mass is 79.9. The summed E-state index contributed by atoms with van der Waals surface area (Å²) in [6.07, 6.45) is 1.15. The smallest absolute Gasteiger partial charge is 0.0419 e. The van der Waals surface area contributed by atoms with Crippen molar-refractivity contribution in [3.63, 3.8) is 0 Å². The van der Waals surface area contributed by atoms with E-state index >= 15 is 0 Å². The summed E-state index contributed by atoms with van der Waals surface area (Å²) in [5.74, 6) is 0. The van der Waals surface area contributed by atoms with Gasteiger partial charge in [-0.1, -0.05) is 46.3 Å². The van der Waals surface area contributed by atoms with Crippen LogP contribution in [0.1, 0.15) is 16.7 Å². The Morgan fingerprint density at radius 3 is 2.65 bits per heavy atom. The second-order valence-corrected chi connectivity index (χ2v) is 5.77. The molecule has 20 heavy (non-hydrogen) atoms. The van der Waals surface area contributed by atoms with Gasteiger partial charge in [0.25, 0.3) is 0 Å². The van der Waals surface area contributed by atoms with Crippen LogP contribution in [-0.2, 0) is 19.5 Å². The second-order valence-electron chi connectivity index (χ2n) is 4.86. The number of hydrogen-bond acceptors (Lipinski definition) is 2. The Balaban J connectivity index is 0.00000147. The molecule has 0 radical (unpaired) electrons. The predicted molar refractivity (Wildman–Crippen MR) is 90.6 cm³/mol. The third-order valence-electron chi connectivity index (χ3n) is 3.49. The fourth-order valence-electron chi connectivity index (χ4n) is 2.50. The predicted octanol–water partition coefficient (Wildman–Crippen LogP) is 4.13. The number of anilines is 1. The van der Waals surface area contributed by atoms with Crippen LogP contribution in [0.5, 0.6) is 0 Å². The van der Waals surface area contributed by atoms with Crippen molar-refractivity contribution in [2.45, 2.75) is 19.5 Å². The van der Waals surface area contributed by atoms with Crippen molar-refractivity contribution < 1.29 is 0 Å². The highest BCUT2D eigenvalue weighted by molar-refractivity contribution is 9.10. The molecule has 1 aliphatic rings. The van der Waals surface area contributed by atoms with Gasteiger partial charge >= 0.3 is 0 Å². The highest BCUT2D eigenvalue weighted by Gasteiger charge is 2.12. The first kappa shape index (κ1) is 15.4. The highest BCUT2D eigenvalue weighted by Crippen LogP contribution is 2.26. The first-order chi connectivity index (χ1) is 9.33. The van der Waals surface area contributed by atoms with Gasteiger partial charge in [0.2, 0.25) is 0 Å². The monoisotopic (exact) mass is 352 g/mol. The quantitative estimate of drug-likeness (QED) is 0.863. The lowest BCUT2D eigenvalue weighted by Gasteiger charge is -2.10. The van der Waals surface area contributed by atoms with Crippen molar-refractivity contribution in [2.75, 3.05) is 11.9 Å². The molecule has 0 bridgehead atoms. The molecule has 0 aliphatic carbocycles. The summed E-state index contributed by atoms with van der Waals surface area (Å²) >= 11 is 3.46. The van der Waals surface area contributed by atoms with Crippen molar-refractivity contribution >= 4 is 34.0 Å². The minimum absolute atomic E-state index is 0. The Hall–Kier alpha value is -1.03. The molecule has 3 rings (SSSR count). The van der Waals surface area contributed by atoms with Crippen molar-refractivity contribution in [1.29, 1.82) is 0 Å². The Morgan fingerprint density at radius 1 is 1.05 bits per heavy atom. The third-order valence-corrected chi connectivity index (χ3v) is 4.02. The molecule has 0 saturated heterocycles. The maximum absolute atomic E-state index is 3.51. The van der Waals surface area contributed by atoms with E-state index in [2.05, 4.69) is 69.0 Å². The standard InChI is InChI=1S/C16H17BrN2.ClH/c17-15-6-4-12(5-7-15)10-18-11-14-3-1-2-13-8-9-19-16(13)14;/h1-7,18-19H,8-11H2;1H. The van der Waals surface area contributed by atoms with Crippen LogP contribution in [0.4, 0.5) is 5.69 Å². The van der Waals surface area contributed by atoms with E-state index in [4.69, 9.17) is 0 Å². The molecule has 4 heteroatoms. The van der Waals surface area contributed by atoms with Crippen LogP contribution in [0.2, 0.25) is 0 Å². The van der Waals surface area contributed by atoms with Gasteiger partial charge in [0.05, 0.1) is 0 Å². The molecule has 0 amide bonds. The van der Waals surface area contributed by atoms with Gasteiger partial charge in [-0.3, -0.25) is 0 Å². The molecule has 0 saturated carbocycles. The molecule has 2 aromatic rings. The zero-order valence-corrected chi connectivity index (χ0v) is 13.6. The van der Waals surface area contributed by atoms with Crippen molar-refractivity contribution in [3.8, 4) is 0 Å². The van der Waals surface area contributed by atoms with Gasteiger partial charge in [0.15, 0.2) is 0 Å². The summed E-state index contributed by atoms with van der Waals surface area (Å²) in [6, 6.07) is 15.0. The van der Waals surface area contributed by atoms with Crippen molar-refractivity contribution in [2.24, 2.45) is 0 Å². The fourth-order valence-corrected chi connectivity index (χ4v) is 2.77. The number of para-hydroxylation sites is 1. The first-order valence-corrected chi connectivity index (χ1v) is 7.42. The molecule has 2 aromatic carbocycles. The zero-order valence-electron chi connectivity index (χ0n) is 11.2. The van der Waals surface area contributed by atoms with Gasteiger partial charge in [0, 0.05) is 29.8 Å². The molecule has 0 spiro atoms. The zero-order chi connectivity index (χ0) is 13.1. The summed E-state index contributed by atoms with van der Waals surface area (Å²) in [4.78, 5) is 0. The summed E-state index contributed by atoms with van der Waals surface area (Å²) in [7, 11) is 0. The average Bonchev–Trinajstić information content (AvgIpc) is 2.90. The largest absolute Gasteiger partial charge is 0.384 e.